The Morgan fingerprint density at radius 1 is 1.29 bits per heavy atom. The highest BCUT2D eigenvalue weighted by Gasteiger charge is 2.20. The van der Waals surface area contributed by atoms with Crippen LogP contribution in [0.1, 0.15) is 29.8 Å². The Morgan fingerprint density at radius 2 is 2.00 bits per heavy atom. The van der Waals surface area contributed by atoms with Gasteiger partial charge in [-0.1, -0.05) is 43.8 Å². The second-order valence-corrected chi connectivity index (χ2v) is 8.03. The third-order valence-corrected chi connectivity index (χ3v) is 5.23. The van der Waals surface area contributed by atoms with Gasteiger partial charge in [-0.25, -0.2) is 9.78 Å². The van der Waals surface area contributed by atoms with Gasteiger partial charge in [0.2, 0.25) is 0 Å². The molecule has 0 atom stereocenters. The first-order valence-electron chi connectivity index (χ1n) is 8.93. The molecule has 0 spiro atoms. The minimum Gasteiger partial charge on any atom is -0.384 e. The van der Waals surface area contributed by atoms with Gasteiger partial charge in [0.25, 0.3) is 5.56 Å². The number of nitrogens with zero attached hydrogens (tertiary/aromatic N) is 2. The van der Waals surface area contributed by atoms with E-state index in [9.17, 15) is 14.4 Å². The van der Waals surface area contributed by atoms with E-state index in [1.54, 1.807) is 0 Å². The van der Waals surface area contributed by atoms with Crippen LogP contribution >= 0.6 is 11.8 Å². The lowest BCUT2D eigenvalue weighted by Crippen LogP contribution is -2.37. The zero-order valence-corrected chi connectivity index (χ0v) is 16.8. The fourth-order valence-electron chi connectivity index (χ4n) is 3.01. The van der Waals surface area contributed by atoms with Gasteiger partial charge in [0, 0.05) is 11.9 Å². The molecule has 3 rings (SSSR count). The molecule has 146 valence electrons. The Hall–Kier alpha value is -2.87. The molecular weight excluding hydrogens is 376 g/mol. The number of hydrogen-bond acceptors (Lipinski definition) is 6. The predicted molar refractivity (Wildman–Crippen MR) is 112 cm³/mol. The molecule has 3 aromatic rings. The van der Waals surface area contributed by atoms with Crippen molar-refractivity contribution in [1.29, 1.82) is 0 Å². The average molecular weight is 398 g/mol. The fourth-order valence-corrected chi connectivity index (χ4v) is 3.85. The second kappa shape index (κ2) is 8.02. The van der Waals surface area contributed by atoms with E-state index in [0.717, 1.165) is 16.5 Å². The topological polar surface area (TPSA) is 111 Å². The van der Waals surface area contributed by atoms with Gasteiger partial charge in [-0.05, 0) is 30.5 Å². The molecule has 8 heteroatoms. The first-order valence-corrected chi connectivity index (χ1v) is 9.91. The largest absolute Gasteiger partial charge is 0.384 e. The van der Waals surface area contributed by atoms with E-state index in [0.29, 0.717) is 11.6 Å². The number of hydrogen-bond donors (Lipinski definition) is 2. The maximum atomic E-state index is 12.7. The molecule has 1 aromatic carbocycles. The zero-order chi connectivity index (χ0) is 20.4. The molecule has 0 aliphatic carbocycles. The molecule has 0 aliphatic rings. The Balaban J connectivity index is 1.88. The molecule has 0 saturated heterocycles. The van der Waals surface area contributed by atoms with Crippen molar-refractivity contribution < 1.29 is 4.79 Å². The third kappa shape index (κ3) is 4.01. The van der Waals surface area contributed by atoms with Crippen LogP contribution in [0.3, 0.4) is 0 Å². The SMILES string of the molecule is Cc1cc(SCC(=O)c2c(N)n(CC(C)C)c(=O)[nH]c2=O)nc2ccccc12. The summed E-state index contributed by atoms with van der Waals surface area (Å²) in [6.45, 7) is 6.14. The van der Waals surface area contributed by atoms with Crippen LogP contribution in [0, 0.1) is 12.8 Å². The number of fused-ring (bicyclic) bond motifs is 1. The van der Waals surface area contributed by atoms with Crippen molar-refractivity contribution in [2.75, 3.05) is 11.5 Å². The van der Waals surface area contributed by atoms with Crippen molar-refractivity contribution in [3.63, 3.8) is 0 Å². The van der Waals surface area contributed by atoms with E-state index in [1.807, 2.05) is 51.1 Å². The van der Waals surface area contributed by atoms with Gasteiger partial charge < -0.3 is 5.73 Å². The van der Waals surface area contributed by atoms with E-state index in [1.165, 1.54) is 16.3 Å². The minimum absolute atomic E-state index is 0.00204. The van der Waals surface area contributed by atoms with Crippen molar-refractivity contribution in [1.82, 2.24) is 14.5 Å². The standard InChI is InChI=1S/C20H22N4O3S/c1-11(2)9-24-18(21)17(19(26)23-20(24)27)15(25)10-28-16-8-12(3)13-6-4-5-7-14(13)22-16/h4-8,11H,9-10,21H2,1-3H3,(H,23,26,27). The van der Waals surface area contributed by atoms with Gasteiger partial charge in [0.05, 0.1) is 16.3 Å². The van der Waals surface area contributed by atoms with E-state index in [4.69, 9.17) is 5.73 Å². The molecule has 0 unspecified atom stereocenters. The smallest absolute Gasteiger partial charge is 0.329 e. The first-order chi connectivity index (χ1) is 13.3. The Kier molecular flexibility index (Phi) is 5.69. The lowest BCUT2D eigenvalue weighted by atomic mass is 10.1. The van der Waals surface area contributed by atoms with Crippen LogP contribution in [0.25, 0.3) is 10.9 Å². The van der Waals surface area contributed by atoms with Gasteiger partial charge in [-0.3, -0.25) is 19.1 Å². The van der Waals surface area contributed by atoms with Crippen LogP contribution in [-0.4, -0.2) is 26.1 Å². The highest BCUT2D eigenvalue weighted by Crippen LogP contribution is 2.24. The number of H-pyrrole nitrogens is 1. The summed E-state index contributed by atoms with van der Waals surface area (Å²) in [5.41, 5.74) is 6.37. The van der Waals surface area contributed by atoms with Gasteiger partial charge in [0.15, 0.2) is 5.78 Å². The summed E-state index contributed by atoms with van der Waals surface area (Å²) in [6.07, 6.45) is 0. The van der Waals surface area contributed by atoms with Crippen LogP contribution < -0.4 is 17.0 Å². The first kappa shape index (κ1) is 19.9. The predicted octanol–water partition coefficient (Wildman–Crippen LogP) is 2.61. The molecular formula is C20H22N4O3S. The molecule has 0 saturated carbocycles. The van der Waals surface area contributed by atoms with Crippen LogP contribution in [-0.2, 0) is 6.54 Å². The van der Waals surface area contributed by atoms with Gasteiger partial charge >= 0.3 is 5.69 Å². The molecule has 2 aromatic heterocycles. The van der Waals surface area contributed by atoms with Gasteiger partial charge in [0.1, 0.15) is 11.4 Å². The number of carbonyl (C=O) groups is 1. The van der Waals surface area contributed by atoms with Crippen molar-refractivity contribution in [2.45, 2.75) is 32.3 Å². The number of benzene rings is 1. The number of para-hydroxylation sites is 1. The number of carbonyl (C=O) groups excluding carboxylic acids is 1. The van der Waals surface area contributed by atoms with Crippen LogP contribution in [0.4, 0.5) is 5.82 Å². The number of aromatic amines is 1. The zero-order valence-electron chi connectivity index (χ0n) is 16.0. The quantitative estimate of drug-likeness (QED) is 0.488. The highest BCUT2D eigenvalue weighted by molar-refractivity contribution is 7.99. The molecule has 0 bridgehead atoms. The summed E-state index contributed by atoms with van der Waals surface area (Å²) < 4.78 is 1.24. The Labute approximate surface area is 166 Å². The number of nitrogen functional groups attached to an aromatic ring is 1. The number of rotatable bonds is 6. The van der Waals surface area contributed by atoms with Crippen molar-refractivity contribution in [3.05, 3.63) is 62.3 Å². The van der Waals surface area contributed by atoms with Crippen LogP contribution in [0.5, 0.6) is 0 Å². The van der Waals surface area contributed by atoms with E-state index >= 15 is 0 Å². The molecule has 2 heterocycles. The molecule has 0 amide bonds. The lowest BCUT2D eigenvalue weighted by molar-refractivity contribution is 0.102. The van der Waals surface area contributed by atoms with E-state index in [2.05, 4.69) is 9.97 Å². The maximum Gasteiger partial charge on any atom is 0.329 e. The lowest BCUT2D eigenvalue weighted by Gasteiger charge is -2.13. The summed E-state index contributed by atoms with van der Waals surface area (Å²) in [7, 11) is 0. The summed E-state index contributed by atoms with van der Waals surface area (Å²) >= 11 is 1.24. The summed E-state index contributed by atoms with van der Waals surface area (Å²) in [4.78, 5) is 43.6. The summed E-state index contributed by atoms with van der Waals surface area (Å²) in [6, 6.07) is 9.68. The third-order valence-electron chi connectivity index (χ3n) is 4.32. The number of thioether (sulfide) groups is 1. The molecule has 7 nitrogen and oxygen atoms in total. The van der Waals surface area contributed by atoms with Crippen molar-refractivity contribution >= 4 is 34.3 Å². The minimum atomic E-state index is -0.754. The number of pyridine rings is 1. The molecule has 3 N–H and O–H groups in total. The van der Waals surface area contributed by atoms with Crippen molar-refractivity contribution in [2.24, 2.45) is 5.92 Å². The number of Topliss-reactive ketones (excluding diaryl/α,β-unsaturated/α-hetero) is 1. The Bertz CT molecular complexity index is 1160. The molecule has 0 fully saturated rings. The van der Waals surface area contributed by atoms with E-state index in [-0.39, 0.29) is 23.1 Å². The molecule has 0 aliphatic heterocycles. The Morgan fingerprint density at radius 3 is 2.71 bits per heavy atom. The van der Waals surface area contributed by atoms with Crippen LogP contribution in [0.2, 0.25) is 0 Å². The van der Waals surface area contributed by atoms with Gasteiger partial charge in [-0.15, -0.1) is 0 Å². The fraction of sp³-hybridized carbons (Fsp3) is 0.300. The number of ketones is 1. The second-order valence-electron chi connectivity index (χ2n) is 7.03. The normalized spacial score (nSPS) is 11.3. The summed E-state index contributed by atoms with van der Waals surface area (Å²) in [5, 5.41) is 1.75. The summed E-state index contributed by atoms with van der Waals surface area (Å²) in [5.74, 6) is -0.393. The molecule has 28 heavy (non-hydrogen) atoms. The average Bonchev–Trinajstić information content (AvgIpc) is 2.63. The number of anilines is 1. The number of nitrogens with two attached hydrogens (primary N) is 1. The molecule has 0 radical (unpaired) electrons. The number of aromatic nitrogens is 3. The number of nitrogens with one attached hydrogen (secondary N) is 1. The maximum absolute atomic E-state index is 12.7. The van der Waals surface area contributed by atoms with Crippen LogP contribution in [0.15, 0.2) is 44.9 Å². The monoisotopic (exact) mass is 398 g/mol. The van der Waals surface area contributed by atoms with Gasteiger partial charge in [-0.2, -0.15) is 0 Å². The van der Waals surface area contributed by atoms with E-state index < -0.39 is 17.0 Å². The number of aryl methyl sites for hydroxylation is 1. The van der Waals surface area contributed by atoms with Crippen molar-refractivity contribution in [3.8, 4) is 0 Å². The highest BCUT2D eigenvalue weighted by atomic mass is 32.2.